The van der Waals surface area contributed by atoms with Gasteiger partial charge in [-0.25, -0.2) is 4.98 Å². The van der Waals surface area contributed by atoms with Gasteiger partial charge in [-0.05, 0) is 56.3 Å². The van der Waals surface area contributed by atoms with Gasteiger partial charge in [0.2, 0.25) is 5.95 Å². The maximum Gasteiger partial charge on any atom is 0.252 e. The zero-order chi connectivity index (χ0) is 23.2. The van der Waals surface area contributed by atoms with Crippen LogP contribution in [0.25, 0.3) is 11.0 Å². The van der Waals surface area contributed by atoms with Gasteiger partial charge in [-0.2, -0.15) is 4.98 Å². The molecular weight excluding hydrogens is 418 g/mol. The van der Waals surface area contributed by atoms with Crippen LogP contribution in [0.1, 0.15) is 45.6 Å². The molecule has 1 unspecified atom stereocenters. The van der Waals surface area contributed by atoms with E-state index in [1.807, 2.05) is 28.8 Å². The van der Waals surface area contributed by atoms with Gasteiger partial charge in [-0.1, -0.05) is 26.7 Å². The van der Waals surface area contributed by atoms with E-state index in [-0.39, 0.29) is 18.2 Å². The van der Waals surface area contributed by atoms with Crippen LogP contribution in [-0.4, -0.2) is 56.9 Å². The molecule has 0 saturated heterocycles. The Morgan fingerprint density at radius 3 is 2.58 bits per heavy atom. The monoisotopic (exact) mass is 451 g/mol. The summed E-state index contributed by atoms with van der Waals surface area (Å²) < 4.78 is 7.56. The highest BCUT2D eigenvalue weighted by molar-refractivity contribution is 5.75. The third-order valence-electron chi connectivity index (χ3n) is 6.27. The number of nitrogens with zero attached hydrogens (tertiary/aromatic N) is 4. The minimum absolute atomic E-state index is 0.0104. The molecule has 1 aromatic carbocycles. The summed E-state index contributed by atoms with van der Waals surface area (Å²) in [6.45, 7) is 6.81. The molecule has 0 radical (unpaired) electrons. The molecule has 4 rings (SSSR count). The second-order valence-electron chi connectivity index (χ2n) is 8.55. The Morgan fingerprint density at radius 2 is 1.88 bits per heavy atom. The number of anilines is 2. The van der Waals surface area contributed by atoms with Gasteiger partial charge >= 0.3 is 0 Å². The predicted molar refractivity (Wildman–Crippen MR) is 130 cm³/mol. The molecule has 1 saturated carbocycles. The summed E-state index contributed by atoms with van der Waals surface area (Å²) in [5.74, 6) is 1.14. The zero-order valence-corrected chi connectivity index (χ0v) is 19.4. The minimum atomic E-state index is -0.536. The highest BCUT2D eigenvalue weighted by Gasteiger charge is 2.20. The van der Waals surface area contributed by atoms with E-state index in [0.29, 0.717) is 23.9 Å². The highest BCUT2D eigenvalue weighted by atomic mass is 16.5. The van der Waals surface area contributed by atoms with Crippen LogP contribution in [0.4, 0.5) is 11.6 Å². The van der Waals surface area contributed by atoms with Crippen molar-refractivity contribution < 1.29 is 9.84 Å². The van der Waals surface area contributed by atoms with Crippen molar-refractivity contribution in [1.29, 1.82) is 0 Å². The van der Waals surface area contributed by atoms with Crippen molar-refractivity contribution in [1.82, 2.24) is 19.4 Å². The molecule has 33 heavy (non-hydrogen) atoms. The molecule has 1 atom stereocenters. The fourth-order valence-corrected chi connectivity index (χ4v) is 4.40. The SMILES string of the molecule is CCN(CC)CC(O)COc1ccc(Nc2ncc3ccc(=O)n(C4CCCC4)c3n2)cc1. The lowest BCUT2D eigenvalue weighted by molar-refractivity contribution is 0.0716. The fourth-order valence-electron chi connectivity index (χ4n) is 4.40. The Bertz CT molecular complexity index is 1110. The topological polar surface area (TPSA) is 92.5 Å². The number of aliphatic hydroxyl groups is 1. The molecule has 1 aliphatic rings. The molecule has 2 aromatic heterocycles. The number of pyridine rings is 1. The van der Waals surface area contributed by atoms with Gasteiger partial charge < -0.3 is 20.1 Å². The van der Waals surface area contributed by atoms with Crippen molar-refractivity contribution in [3.63, 3.8) is 0 Å². The standard InChI is InChI=1S/C25H33N5O3/c1-3-29(4-2)16-21(31)17-33-22-12-10-19(11-13-22)27-25-26-15-18-9-14-23(32)30(24(18)28-25)20-7-5-6-8-20/h9-15,20-21,31H,3-8,16-17H2,1-2H3,(H,26,27,28). The number of hydrogen-bond donors (Lipinski definition) is 2. The lowest BCUT2D eigenvalue weighted by Gasteiger charge is -2.21. The summed E-state index contributed by atoms with van der Waals surface area (Å²) in [5.41, 5.74) is 1.48. The van der Waals surface area contributed by atoms with E-state index >= 15 is 0 Å². The quantitative estimate of drug-likeness (QED) is 0.485. The van der Waals surface area contributed by atoms with Gasteiger partial charge in [0, 0.05) is 35.9 Å². The van der Waals surface area contributed by atoms with Crippen molar-refractivity contribution in [2.75, 3.05) is 31.6 Å². The lowest BCUT2D eigenvalue weighted by atomic mass is 10.2. The molecule has 1 fully saturated rings. The Labute approximate surface area is 194 Å². The van der Waals surface area contributed by atoms with E-state index in [2.05, 4.69) is 34.0 Å². The Kier molecular flexibility index (Phi) is 7.57. The number of likely N-dealkylation sites (N-methyl/N-ethyl adjacent to an activating group) is 1. The molecule has 2 heterocycles. The summed E-state index contributed by atoms with van der Waals surface area (Å²) in [6, 6.07) is 11.1. The first-order valence-corrected chi connectivity index (χ1v) is 11.9. The van der Waals surface area contributed by atoms with Crippen LogP contribution < -0.4 is 15.6 Å². The Balaban J connectivity index is 1.43. The van der Waals surface area contributed by atoms with Crippen LogP contribution in [0.2, 0.25) is 0 Å². The highest BCUT2D eigenvalue weighted by Crippen LogP contribution is 2.30. The van der Waals surface area contributed by atoms with Crippen LogP contribution in [0, 0.1) is 0 Å². The summed E-state index contributed by atoms with van der Waals surface area (Å²) in [5, 5.41) is 14.3. The van der Waals surface area contributed by atoms with E-state index in [9.17, 15) is 9.90 Å². The largest absolute Gasteiger partial charge is 0.491 e. The molecule has 176 valence electrons. The minimum Gasteiger partial charge on any atom is -0.491 e. The van der Waals surface area contributed by atoms with Crippen LogP contribution in [0.15, 0.2) is 47.4 Å². The summed E-state index contributed by atoms with van der Waals surface area (Å²) in [4.78, 5) is 23.8. The van der Waals surface area contributed by atoms with Gasteiger partial charge in [0.25, 0.3) is 5.56 Å². The first-order chi connectivity index (χ1) is 16.1. The van der Waals surface area contributed by atoms with Gasteiger partial charge in [-0.3, -0.25) is 9.36 Å². The van der Waals surface area contributed by atoms with Gasteiger partial charge in [-0.15, -0.1) is 0 Å². The summed E-state index contributed by atoms with van der Waals surface area (Å²) >= 11 is 0. The van der Waals surface area contributed by atoms with Crippen LogP contribution in [0.3, 0.4) is 0 Å². The summed E-state index contributed by atoms with van der Waals surface area (Å²) in [6.07, 6.45) is 5.53. The number of ether oxygens (including phenoxy) is 1. The molecule has 0 bridgehead atoms. The first kappa shape index (κ1) is 23.2. The summed E-state index contributed by atoms with van der Waals surface area (Å²) in [7, 11) is 0. The third-order valence-corrected chi connectivity index (χ3v) is 6.27. The number of aliphatic hydroxyl groups excluding tert-OH is 1. The third kappa shape index (κ3) is 5.69. The normalized spacial score (nSPS) is 15.3. The molecule has 1 aliphatic carbocycles. The zero-order valence-electron chi connectivity index (χ0n) is 19.4. The number of hydrogen-bond acceptors (Lipinski definition) is 7. The van der Waals surface area contributed by atoms with Crippen molar-refractivity contribution in [3.8, 4) is 5.75 Å². The van der Waals surface area contributed by atoms with Crippen molar-refractivity contribution in [2.45, 2.75) is 51.7 Å². The Morgan fingerprint density at radius 1 is 1.15 bits per heavy atom. The smallest absolute Gasteiger partial charge is 0.252 e. The van der Waals surface area contributed by atoms with Gasteiger partial charge in [0.15, 0.2) is 0 Å². The molecule has 0 aliphatic heterocycles. The number of aromatic nitrogens is 3. The molecular formula is C25H33N5O3. The predicted octanol–water partition coefficient (Wildman–Crippen LogP) is 3.73. The molecule has 8 heteroatoms. The van der Waals surface area contributed by atoms with E-state index < -0.39 is 6.10 Å². The maximum atomic E-state index is 12.6. The molecule has 0 spiro atoms. The van der Waals surface area contributed by atoms with Crippen LogP contribution in [0.5, 0.6) is 5.75 Å². The number of rotatable bonds is 10. The van der Waals surface area contributed by atoms with E-state index in [0.717, 1.165) is 49.8 Å². The molecule has 2 N–H and O–H groups in total. The van der Waals surface area contributed by atoms with Crippen molar-refractivity contribution in [2.24, 2.45) is 0 Å². The Hall–Kier alpha value is -2.97. The maximum absolute atomic E-state index is 12.6. The number of nitrogens with one attached hydrogen (secondary N) is 1. The molecule has 3 aromatic rings. The van der Waals surface area contributed by atoms with Gasteiger partial charge in [0.05, 0.1) is 0 Å². The van der Waals surface area contributed by atoms with Crippen molar-refractivity contribution >= 4 is 22.7 Å². The number of fused-ring (bicyclic) bond motifs is 1. The van der Waals surface area contributed by atoms with Crippen LogP contribution >= 0.6 is 0 Å². The average Bonchev–Trinajstić information content (AvgIpc) is 3.36. The second-order valence-corrected chi connectivity index (χ2v) is 8.55. The van der Waals surface area contributed by atoms with Crippen molar-refractivity contribution in [3.05, 3.63) is 52.9 Å². The lowest BCUT2D eigenvalue weighted by Crippen LogP contribution is -2.35. The number of benzene rings is 1. The average molecular weight is 452 g/mol. The second kappa shape index (κ2) is 10.8. The first-order valence-electron chi connectivity index (χ1n) is 11.9. The van der Waals surface area contributed by atoms with Crippen LogP contribution in [-0.2, 0) is 0 Å². The molecule has 8 nitrogen and oxygen atoms in total. The van der Waals surface area contributed by atoms with E-state index in [1.54, 1.807) is 18.3 Å². The molecule has 0 amide bonds. The van der Waals surface area contributed by atoms with E-state index in [4.69, 9.17) is 4.74 Å². The fraction of sp³-hybridized carbons (Fsp3) is 0.480. The van der Waals surface area contributed by atoms with E-state index in [1.165, 1.54) is 0 Å². The van der Waals surface area contributed by atoms with Gasteiger partial charge in [0.1, 0.15) is 24.1 Å².